The molecule has 0 aromatic carbocycles. The predicted molar refractivity (Wildman–Crippen MR) is 59.8 cm³/mol. The number of anilines is 1. The van der Waals surface area contributed by atoms with Crippen molar-refractivity contribution in [2.45, 2.75) is 6.92 Å². The number of aromatic nitrogens is 2. The fourth-order valence-corrected chi connectivity index (χ4v) is 1.35. The van der Waals surface area contributed by atoms with Crippen molar-refractivity contribution >= 4 is 34.8 Å². The second-order valence-corrected chi connectivity index (χ2v) is 3.29. The number of amides is 1. The summed E-state index contributed by atoms with van der Waals surface area (Å²) in [6.45, 7) is 2.01. The molecule has 0 radical (unpaired) electrons. The summed E-state index contributed by atoms with van der Waals surface area (Å²) >= 11 is 0.916. The number of ether oxygens (including phenoxy) is 1. The standard InChI is InChI=1S/C8H10N4O4S/c1-3-16-11-5(7(14)15-2)6-10-8(9-4-13)17-12-6/h4H,3H2,1-2H3,(H,9,10,12,13). The largest absolute Gasteiger partial charge is 0.464 e. The summed E-state index contributed by atoms with van der Waals surface area (Å²) in [4.78, 5) is 30.2. The van der Waals surface area contributed by atoms with Gasteiger partial charge in [-0.1, -0.05) is 5.16 Å². The van der Waals surface area contributed by atoms with E-state index in [1.165, 1.54) is 7.11 Å². The van der Waals surface area contributed by atoms with Crippen LogP contribution in [0.1, 0.15) is 12.7 Å². The maximum absolute atomic E-state index is 11.4. The molecule has 0 spiro atoms. The van der Waals surface area contributed by atoms with Crippen LogP contribution in [0.25, 0.3) is 0 Å². The van der Waals surface area contributed by atoms with Gasteiger partial charge in [-0.25, -0.2) is 4.79 Å². The van der Waals surface area contributed by atoms with Crippen molar-refractivity contribution in [1.82, 2.24) is 9.36 Å². The number of oxime groups is 1. The van der Waals surface area contributed by atoms with Crippen molar-refractivity contribution in [2.75, 3.05) is 19.0 Å². The van der Waals surface area contributed by atoms with Crippen LogP contribution in [0.3, 0.4) is 0 Å². The highest BCUT2D eigenvalue weighted by Gasteiger charge is 2.21. The smallest absolute Gasteiger partial charge is 0.364 e. The Hall–Kier alpha value is -2.03. The first kappa shape index (κ1) is 13.0. The highest BCUT2D eigenvalue weighted by Crippen LogP contribution is 2.11. The molecule has 9 heteroatoms. The molecular formula is C8H10N4O4S. The van der Waals surface area contributed by atoms with Gasteiger partial charge in [0.1, 0.15) is 6.61 Å². The number of esters is 1. The molecular weight excluding hydrogens is 248 g/mol. The Morgan fingerprint density at radius 2 is 2.41 bits per heavy atom. The van der Waals surface area contributed by atoms with Gasteiger partial charge in [-0.2, -0.15) is 9.36 Å². The number of carbonyl (C=O) groups excluding carboxylic acids is 2. The van der Waals surface area contributed by atoms with Crippen molar-refractivity contribution in [3.05, 3.63) is 5.82 Å². The first-order valence-corrected chi connectivity index (χ1v) is 5.32. The van der Waals surface area contributed by atoms with E-state index < -0.39 is 5.97 Å². The lowest BCUT2D eigenvalue weighted by Crippen LogP contribution is -2.19. The Bertz CT molecular complexity index is 431. The minimum Gasteiger partial charge on any atom is -0.464 e. The minimum absolute atomic E-state index is 0.0413. The van der Waals surface area contributed by atoms with Crippen molar-refractivity contribution in [3.63, 3.8) is 0 Å². The molecule has 0 aliphatic rings. The van der Waals surface area contributed by atoms with Gasteiger partial charge >= 0.3 is 5.97 Å². The van der Waals surface area contributed by atoms with E-state index in [2.05, 4.69) is 24.6 Å². The lowest BCUT2D eigenvalue weighted by molar-refractivity contribution is -0.132. The molecule has 1 rings (SSSR count). The molecule has 1 aromatic rings. The molecule has 0 atom stereocenters. The molecule has 92 valence electrons. The van der Waals surface area contributed by atoms with Crippen LogP contribution in [-0.2, 0) is 19.2 Å². The molecule has 0 aliphatic carbocycles. The van der Waals surface area contributed by atoms with Crippen LogP contribution in [0.5, 0.6) is 0 Å². The number of nitrogens with zero attached hydrogens (tertiary/aromatic N) is 3. The van der Waals surface area contributed by atoms with Gasteiger partial charge in [0, 0.05) is 11.5 Å². The molecule has 0 fully saturated rings. The van der Waals surface area contributed by atoms with E-state index in [0.717, 1.165) is 11.5 Å². The Morgan fingerprint density at radius 1 is 1.65 bits per heavy atom. The normalized spacial score (nSPS) is 10.8. The van der Waals surface area contributed by atoms with Crippen molar-refractivity contribution in [3.8, 4) is 0 Å². The molecule has 17 heavy (non-hydrogen) atoms. The quantitative estimate of drug-likeness (QED) is 0.334. The Balaban J connectivity index is 2.95. The van der Waals surface area contributed by atoms with Gasteiger partial charge in [0.25, 0.3) is 0 Å². The SMILES string of the molecule is CCON=C(C(=O)OC)c1nsc(NC=O)n1. The molecule has 1 aromatic heterocycles. The van der Waals surface area contributed by atoms with Gasteiger partial charge in [0.2, 0.25) is 23.1 Å². The van der Waals surface area contributed by atoms with E-state index in [1.807, 2.05) is 0 Å². The third kappa shape index (κ3) is 3.48. The van der Waals surface area contributed by atoms with Gasteiger partial charge in [-0.05, 0) is 6.92 Å². The van der Waals surface area contributed by atoms with E-state index in [0.29, 0.717) is 13.0 Å². The van der Waals surface area contributed by atoms with Crippen LogP contribution >= 0.6 is 11.5 Å². The van der Waals surface area contributed by atoms with Crippen molar-refractivity contribution in [1.29, 1.82) is 0 Å². The molecule has 8 nitrogen and oxygen atoms in total. The minimum atomic E-state index is -0.714. The zero-order chi connectivity index (χ0) is 12.7. The fourth-order valence-electron chi connectivity index (χ4n) is 0.824. The molecule has 0 aliphatic heterocycles. The summed E-state index contributed by atoms with van der Waals surface area (Å²) in [6, 6.07) is 0. The molecule has 1 heterocycles. The second kappa shape index (κ2) is 6.53. The maximum atomic E-state index is 11.4. The highest BCUT2D eigenvalue weighted by molar-refractivity contribution is 7.10. The number of rotatable bonds is 6. The fraction of sp³-hybridized carbons (Fsp3) is 0.375. The number of hydrogen-bond donors (Lipinski definition) is 1. The first-order valence-electron chi connectivity index (χ1n) is 4.55. The molecule has 0 bridgehead atoms. The van der Waals surface area contributed by atoms with Gasteiger partial charge in [-0.15, -0.1) is 0 Å². The van der Waals surface area contributed by atoms with E-state index in [4.69, 9.17) is 4.84 Å². The van der Waals surface area contributed by atoms with Crippen molar-refractivity contribution in [2.24, 2.45) is 5.16 Å². The molecule has 1 N–H and O–H groups in total. The molecule has 0 unspecified atom stereocenters. The summed E-state index contributed by atoms with van der Waals surface area (Å²) in [6.07, 6.45) is 0.460. The summed E-state index contributed by atoms with van der Waals surface area (Å²) < 4.78 is 8.37. The lowest BCUT2D eigenvalue weighted by atomic mass is 10.4. The molecule has 0 saturated carbocycles. The second-order valence-electron chi connectivity index (χ2n) is 2.53. The summed E-state index contributed by atoms with van der Waals surface area (Å²) in [7, 11) is 1.21. The van der Waals surface area contributed by atoms with Crippen LogP contribution in [0, 0.1) is 0 Å². The number of methoxy groups -OCH3 is 1. The zero-order valence-corrected chi connectivity index (χ0v) is 9.98. The first-order chi connectivity index (χ1) is 8.22. The summed E-state index contributed by atoms with van der Waals surface area (Å²) in [5.41, 5.74) is -0.149. The molecule has 0 saturated heterocycles. The predicted octanol–water partition coefficient (Wildman–Crippen LogP) is 0.0200. The van der Waals surface area contributed by atoms with Crippen LogP contribution in [0.2, 0.25) is 0 Å². The van der Waals surface area contributed by atoms with Crippen LogP contribution < -0.4 is 5.32 Å². The average Bonchev–Trinajstić information content (AvgIpc) is 2.78. The van der Waals surface area contributed by atoms with Gasteiger partial charge in [0.15, 0.2) is 0 Å². The van der Waals surface area contributed by atoms with E-state index in [9.17, 15) is 9.59 Å². The Kier molecular flexibility index (Phi) is 5.01. The number of hydrogen-bond acceptors (Lipinski definition) is 8. The van der Waals surface area contributed by atoms with E-state index in [1.54, 1.807) is 6.92 Å². The van der Waals surface area contributed by atoms with Gasteiger partial charge < -0.3 is 14.9 Å². The topological polar surface area (TPSA) is 103 Å². The third-order valence-corrected chi connectivity index (χ3v) is 2.13. The van der Waals surface area contributed by atoms with Crippen molar-refractivity contribution < 1.29 is 19.2 Å². The third-order valence-electron chi connectivity index (χ3n) is 1.48. The number of carbonyl (C=O) groups is 2. The van der Waals surface area contributed by atoms with E-state index in [-0.39, 0.29) is 16.7 Å². The summed E-state index contributed by atoms with van der Waals surface area (Å²) in [5, 5.41) is 6.13. The lowest BCUT2D eigenvalue weighted by Gasteiger charge is -1.99. The van der Waals surface area contributed by atoms with Crippen LogP contribution in [0.4, 0.5) is 5.13 Å². The Morgan fingerprint density at radius 3 is 3.00 bits per heavy atom. The summed E-state index contributed by atoms with van der Waals surface area (Å²) in [5.74, 6) is -0.673. The highest BCUT2D eigenvalue weighted by atomic mass is 32.1. The maximum Gasteiger partial charge on any atom is 0.364 e. The average molecular weight is 258 g/mol. The van der Waals surface area contributed by atoms with E-state index >= 15 is 0 Å². The monoisotopic (exact) mass is 258 g/mol. The van der Waals surface area contributed by atoms with Gasteiger partial charge in [0.05, 0.1) is 7.11 Å². The number of nitrogens with one attached hydrogen (secondary N) is 1. The van der Waals surface area contributed by atoms with Crippen LogP contribution in [-0.4, -0.2) is 41.2 Å². The van der Waals surface area contributed by atoms with Gasteiger partial charge in [-0.3, -0.25) is 4.79 Å². The Labute approximate surface area is 101 Å². The van der Waals surface area contributed by atoms with Crippen LogP contribution in [0.15, 0.2) is 5.16 Å². The zero-order valence-electron chi connectivity index (χ0n) is 9.17. The molecule has 1 amide bonds.